The smallest absolute Gasteiger partial charge is 0.253 e. The zero-order valence-corrected chi connectivity index (χ0v) is 20.3. The van der Waals surface area contributed by atoms with E-state index in [-0.39, 0.29) is 28.9 Å². The number of carbonyl (C=O) groups is 2. The van der Waals surface area contributed by atoms with Gasteiger partial charge in [0, 0.05) is 44.4 Å². The van der Waals surface area contributed by atoms with Crippen molar-refractivity contribution >= 4 is 21.8 Å². The Hall–Kier alpha value is -2.91. The van der Waals surface area contributed by atoms with E-state index in [0.717, 1.165) is 22.9 Å². The standard InChI is InChI=1S/C24H31N3O5S/c1-17(2)32-21-11-7-19(8-12-21)24(29)27-15-5-6-20(16-27)25-23(28)18-9-13-22(14-10-18)33(30,31)26(3)4/h7-14,17,20H,5-6,15-16H2,1-4H3,(H,25,28)/t20-/m0/s1. The highest BCUT2D eigenvalue weighted by atomic mass is 32.2. The van der Waals surface area contributed by atoms with Crippen molar-refractivity contribution < 1.29 is 22.7 Å². The Morgan fingerprint density at radius 1 is 1.03 bits per heavy atom. The van der Waals surface area contributed by atoms with E-state index in [1.54, 1.807) is 29.2 Å². The Kier molecular flexibility index (Phi) is 7.76. The number of nitrogens with zero attached hydrogens (tertiary/aromatic N) is 2. The molecule has 1 fully saturated rings. The summed E-state index contributed by atoms with van der Waals surface area (Å²) in [5, 5.41) is 2.97. The molecule has 33 heavy (non-hydrogen) atoms. The lowest BCUT2D eigenvalue weighted by Gasteiger charge is -2.33. The topological polar surface area (TPSA) is 96.0 Å². The summed E-state index contributed by atoms with van der Waals surface area (Å²) in [6.07, 6.45) is 1.61. The maximum atomic E-state index is 12.9. The van der Waals surface area contributed by atoms with Crippen molar-refractivity contribution in [1.82, 2.24) is 14.5 Å². The van der Waals surface area contributed by atoms with Gasteiger partial charge in [0.1, 0.15) is 5.75 Å². The van der Waals surface area contributed by atoms with E-state index in [9.17, 15) is 18.0 Å². The minimum atomic E-state index is -3.55. The van der Waals surface area contributed by atoms with Gasteiger partial charge in [0.15, 0.2) is 0 Å². The number of piperidine rings is 1. The molecular weight excluding hydrogens is 442 g/mol. The van der Waals surface area contributed by atoms with Crippen LogP contribution in [0.1, 0.15) is 47.4 Å². The van der Waals surface area contributed by atoms with Gasteiger partial charge in [-0.2, -0.15) is 0 Å². The molecule has 0 saturated carbocycles. The lowest BCUT2D eigenvalue weighted by atomic mass is 10.0. The van der Waals surface area contributed by atoms with Crippen LogP contribution in [-0.2, 0) is 10.0 Å². The maximum Gasteiger partial charge on any atom is 0.253 e. The van der Waals surface area contributed by atoms with Crippen LogP contribution in [0.25, 0.3) is 0 Å². The van der Waals surface area contributed by atoms with Gasteiger partial charge in [-0.05, 0) is 75.2 Å². The van der Waals surface area contributed by atoms with Gasteiger partial charge in [0.2, 0.25) is 10.0 Å². The molecule has 2 aromatic carbocycles. The Labute approximate surface area is 195 Å². The third-order valence-electron chi connectivity index (χ3n) is 5.41. The Morgan fingerprint density at radius 2 is 1.64 bits per heavy atom. The van der Waals surface area contributed by atoms with E-state index < -0.39 is 10.0 Å². The molecule has 3 rings (SSSR count). The normalized spacial score (nSPS) is 16.7. The summed E-state index contributed by atoms with van der Waals surface area (Å²) in [5.41, 5.74) is 0.952. The molecule has 0 radical (unpaired) electrons. The van der Waals surface area contributed by atoms with Gasteiger partial charge >= 0.3 is 0 Å². The van der Waals surface area contributed by atoms with Crippen LogP contribution in [0, 0.1) is 0 Å². The monoisotopic (exact) mass is 473 g/mol. The molecule has 1 aliphatic rings. The maximum absolute atomic E-state index is 12.9. The van der Waals surface area contributed by atoms with E-state index in [1.165, 1.54) is 38.4 Å². The van der Waals surface area contributed by atoms with Crippen molar-refractivity contribution in [2.24, 2.45) is 0 Å². The first kappa shape index (κ1) is 24.7. The molecule has 1 atom stereocenters. The SMILES string of the molecule is CC(C)Oc1ccc(C(=O)N2CCC[C@H](NC(=O)c3ccc(S(=O)(=O)N(C)C)cc3)C2)cc1. The average molecular weight is 474 g/mol. The second kappa shape index (κ2) is 10.4. The number of hydrogen-bond donors (Lipinski definition) is 1. The molecule has 0 unspecified atom stereocenters. The largest absolute Gasteiger partial charge is 0.491 e. The summed E-state index contributed by atoms with van der Waals surface area (Å²) in [4.78, 5) is 27.5. The first-order chi connectivity index (χ1) is 15.6. The Bertz CT molecular complexity index is 1080. The number of nitrogens with one attached hydrogen (secondary N) is 1. The summed E-state index contributed by atoms with van der Waals surface area (Å²) < 4.78 is 31.1. The zero-order chi connectivity index (χ0) is 24.2. The molecule has 0 aliphatic carbocycles. The molecule has 178 valence electrons. The number of hydrogen-bond acceptors (Lipinski definition) is 5. The molecule has 1 N–H and O–H groups in total. The van der Waals surface area contributed by atoms with E-state index in [1.807, 2.05) is 13.8 Å². The first-order valence-corrected chi connectivity index (χ1v) is 12.4. The number of amides is 2. The molecular formula is C24H31N3O5S. The van der Waals surface area contributed by atoms with Gasteiger partial charge < -0.3 is 15.0 Å². The number of rotatable bonds is 7. The number of likely N-dealkylation sites (tertiary alicyclic amines) is 1. The highest BCUT2D eigenvalue weighted by molar-refractivity contribution is 7.89. The van der Waals surface area contributed by atoms with Crippen molar-refractivity contribution in [3.05, 3.63) is 59.7 Å². The van der Waals surface area contributed by atoms with Crippen LogP contribution < -0.4 is 10.1 Å². The van der Waals surface area contributed by atoms with Crippen LogP contribution in [0.3, 0.4) is 0 Å². The first-order valence-electron chi connectivity index (χ1n) is 11.0. The Balaban J connectivity index is 1.61. The van der Waals surface area contributed by atoms with Gasteiger partial charge in [-0.1, -0.05) is 0 Å². The van der Waals surface area contributed by atoms with Crippen molar-refractivity contribution in [3.63, 3.8) is 0 Å². The lowest BCUT2D eigenvalue weighted by Crippen LogP contribution is -2.49. The third kappa shape index (κ3) is 6.11. The highest BCUT2D eigenvalue weighted by Gasteiger charge is 2.26. The van der Waals surface area contributed by atoms with Gasteiger partial charge in [0.05, 0.1) is 11.0 Å². The second-order valence-electron chi connectivity index (χ2n) is 8.57. The minimum absolute atomic E-state index is 0.0617. The van der Waals surface area contributed by atoms with Crippen molar-refractivity contribution in [1.29, 1.82) is 0 Å². The number of sulfonamides is 1. The molecule has 2 amide bonds. The minimum Gasteiger partial charge on any atom is -0.491 e. The molecule has 0 bridgehead atoms. The molecule has 9 heteroatoms. The molecule has 2 aromatic rings. The zero-order valence-electron chi connectivity index (χ0n) is 19.4. The molecule has 0 spiro atoms. The predicted octanol–water partition coefficient (Wildman–Crippen LogP) is 2.76. The number of ether oxygens (including phenoxy) is 1. The van der Waals surface area contributed by atoms with E-state index >= 15 is 0 Å². The summed E-state index contributed by atoms with van der Waals surface area (Å²) in [6.45, 7) is 4.94. The quantitative estimate of drug-likeness (QED) is 0.667. The molecule has 1 aliphatic heterocycles. The van der Waals surface area contributed by atoms with Gasteiger partial charge in [-0.25, -0.2) is 12.7 Å². The number of benzene rings is 2. The van der Waals surface area contributed by atoms with Crippen LogP contribution >= 0.6 is 0 Å². The van der Waals surface area contributed by atoms with E-state index in [2.05, 4.69) is 5.32 Å². The van der Waals surface area contributed by atoms with Gasteiger partial charge in [-0.3, -0.25) is 9.59 Å². The van der Waals surface area contributed by atoms with Crippen LogP contribution in [0.5, 0.6) is 5.75 Å². The van der Waals surface area contributed by atoms with E-state index in [0.29, 0.717) is 24.2 Å². The molecule has 1 saturated heterocycles. The summed E-state index contributed by atoms with van der Waals surface area (Å²) >= 11 is 0. The fourth-order valence-corrected chi connectivity index (χ4v) is 4.57. The van der Waals surface area contributed by atoms with Crippen LogP contribution in [0.15, 0.2) is 53.4 Å². The summed E-state index contributed by atoms with van der Waals surface area (Å²) in [7, 11) is -0.633. The predicted molar refractivity (Wildman–Crippen MR) is 126 cm³/mol. The van der Waals surface area contributed by atoms with Crippen molar-refractivity contribution in [2.45, 2.75) is 43.7 Å². The fourth-order valence-electron chi connectivity index (χ4n) is 3.67. The van der Waals surface area contributed by atoms with Gasteiger partial charge in [0.25, 0.3) is 11.8 Å². The Morgan fingerprint density at radius 3 is 2.21 bits per heavy atom. The van der Waals surface area contributed by atoms with E-state index in [4.69, 9.17) is 4.74 Å². The van der Waals surface area contributed by atoms with Crippen LogP contribution in [-0.4, -0.2) is 68.8 Å². The van der Waals surface area contributed by atoms with Gasteiger partial charge in [-0.15, -0.1) is 0 Å². The highest BCUT2D eigenvalue weighted by Crippen LogP contribution is 2.19. The van der Waals surface area contributed by atoms with Crippen molar-refractivity contribution in [3.8, 4) is 5.75 Å². The second-order valence-corrected chi connectivity index (χ2v) is 10.7. The average Bonchev–Trinajstić information content (AvgIpc) is 2.79. The summed E-state index contributed by atoms with van der Waals surface area (Å²) in [5.74, 6) is 0.344. The lowest BCUT2D eigenvalue weighted by molar-refractivity contribution is 0.0676. The third-order valence-corrected chi connectivity index (χ3v) is 7.24. The molecule has 8 nitrogen and oxygen atoms in total. The summed E-state index contributed by atoms with van der Waals surface area (Å²) in [6, 6.07) is 12.8. The van der Waals surface area contributed by atoms with Crippen LogP contribution in [0.4, 0.5) is 0 Å². The van der Waals surface area contributed by atoms with Crippen molar-refractivity contribution in [2.75, 3.05) is 27.2 Å². The fraction of sp³-hybridized carbons (Fsp3) is 0.417. The molecule has 0 aromatic heterocycles. The molecule has 1 heterocycles. The van der Waals surface area contributed by atoms with Crippen LogP contribution in [0.2, 0.25) is 0 Å². The number of carbonyl (C=O) groups excluding carboxylic acids is 2.